The molecule has 1 amide bonds. The van der Waals surface area contributed by atoms with E-state index in [9.17, 15) is 24.3 Å². The van der Waals surface area contributed by atoms with Gasteiger partial charge in [0.15, 0.2) is 17.7 Å². The number of nitrogen functional groups attached to an aromatic ring is 1. The van der Waals surface area contributed by atoms with Crippen LogP contribution in [0, 0.1) is 17.8 Å². The molecule has 5 N–H and O–H groups in total. The van der Waals surface area contributed by atoms with Gasteiger partial charge in [0.05, 0.1) is 30.0 Å². The highest BCUT2D eigenvalue weighted by atomic mass is 16.7. The summed E-state index contributed by atoms with van der Waals surface area (Å²) in [4.78, 5) is 57.5. The van der Waals surface area contributed by atoms with Gasteiger partial charge in [-0.25, -0.2) is 4.79 Å². The monoisotopic (exact) mass is 784 g/mol. The molecule has 1 aromatic heterocycles. The number of amides is 1. The Kier molecular flexibility index (Phi) is 13.6. The maximum Gasteiger partial charge on any atom is 0.410 e. The number of ketones is 2. The zero-order chi connectivity index (χ0) is 41.1. The Hall–Kier alpha value is -3.96. The number of methoxy groups -OCH3 is 1. The molecule has 3 aliphatic rings. The molecule has 0 spiro atoms. The van der Waals surface area contributed by atoms with Gasteiger partial charge in [0.1, 0.15) is 29.6 Å². The SMILES string of the molecule is CC[C@H]1OC(=O)[C@H](C)C(=O)[C@H](C)[C@@H](O[C@@H]2OC(C)CC(N)C2O)[C@](C)(OC)C[C@@H](C)C(=O)C[C@H]2N(CCCCn3cc(-c4cccc(N)c4)nn3)C(=O)O[C@]12C. The first-order chi connectivity index (χ1) is 26.4. The van der Waals surface area contributed by atoms with Crippen LogP contribution in [-0.2, 0) is 44.6 Å². The molecule has 0 bridgehead atoms. The number of benzene rings is 1. The van der Waals surface area contributed by atoms with E-state index < -0.39 is 83.5 Å². The van der Waals surface area contributed by atoms with Gasteiger partial charge < -0.3 is 45.2 Å². The number of nitrogens with zero attached hydrogens (tertiary/aromatic N) is 4. The number of anilines is 1. The standard InChI is InChI=1S/C40H60N6O10/c1-9-32-40(7)31(46(38(51)56-40)16-11-10-15-45-21-29(43-44-45)26-13-12-14-27(41)18-26)19-30(47)22(2)20-39(6,52-8)35(24(4)33(48)25(5)36(50)54-32)55-37-34(49)28(42)17-23(3)53-37/h12-14,18,21-25,28,31-32,34-35,37,49H,9-11,15-17,19-20,41-42H2,1-8H3/t22-,23?,24+,25-,28?,31-,32-,34?,35-,37+,39-,40+/m1/s1. The van der Waals surface area contributed by atoms with Crippen molar-refractivity contribution in [2.45, 2.75) is 148 Å². The average molecular weight is 785 g/mol. The lowest BCUT2D eigenvalue weighted by Gasteiger charge is -2.45. The summed E-state index contributed by atoms with van der Waals surface area (Å²) >= 11 is 0. The lowest BCUT2D eigenvalue weighted by Crippen LogP contribution is -2.59. The zero-order valence-corrected chi connectivity index (χ0v) is 33.9. The summed E-state index contributed by atoms with van der Waals surface area (Å²) in [6, 6.07) is 5.97. The molecule has 56 heavy (non-hydrogen) atoms. The molecule has 2 aromatic rings. The van der Waals surface area contributed by atoms with Crippen molar-refractivity contribution in [2.24, 2.45) is 23.5 Å². The van der Waals surface area contributed by atoms with Crippen molar-refractivity contribution in [3.8, 4) is 11.3 Å². The van der Waals surface area contributed by atoms with Gasteiger partial charge in [0.2, 0.25) is 0 Å². The Morgan fingerprint density at radius 1 is 1.07 bits per heavy atom. The molecular formula is C40H60N6O10. The van der Waals surface area contributed by atoms with Crippen LogP contribution in [0.5, 0.6) is 0 Å². The van der Waals surface area contributed by atoms with Gasteiger partial charge in [-0.15, -0.1) is 5.10 Å². The van der Waals surface area contributed by atoms with Gasteiger partial charge in [-0.3, -0.25) is 19.1 Å². The molecule has 16 heteroatoms. The van der Waals surface area contributed by atoms with E-state index in [0.717, 1.165) is 5.56 Å². The number of aromatic nitrogens is 3. The minimum atomic E-state index is -1.40. The van der Waals surface area contributed by atoms with Gasteiger partial charge in [0, 0.05) is 55.7 Å². The molecule has 12 atom stereocenters. The summed E-state index contributed by atoms with van der Waals surface area (Å²) in [5.41, 5.74) is 11.6. The number of carbonyl (C=O) groups excluding carboxylic acids is 4. The summed E-state index contributed by atoms with van der Waals surface area (Å²) < 4.78 is 32.3. The molecule has 1 aromatic carbocycles. The Labute approximate surface area is 328 Å². The van der Waals surface area contributed by atoms with E-state index in [1.165, 1.54) is 14.0 Å². The van der Waals surface area contributed by atoms with Crippen LogP contribution in [0.15, 0.2) is 30.5 Å². The summed E-state index contributed by atoms with van der Waals surface area (Å²) in [7, 11) is 1.46. The number of unbranched alkanes of at least 4 members (excludes halogenated alkanes) is 1. The zero-order valence-electron chi connectivity index (χ0n) is 33.9. The lowest BCUT2D eigenvalue weighted by atomic mass is 9.76. The first-order valence-corrected chi connectivity index (χ1v) is 19.7. The first kappa shape index (κ1) is 43.2. The third kappa shape index (κ3) is 9.09. The Morgan fingerprint density at radius 2 is 1.79 bits per heavy atom. The third-order valence-corrected chi connectivity index (χ3v) is 12.0. The highest BCUT2D eigenvalue weighted by Crippen LogP contribution is 2.41. The number of cyclic esters (lactones) is 1. The number of Topliss-reactive ketones (excluding diaryl/α,β-unsaturated/α-hetero) is 2. The molecule has 3 aliphatic heterocycles. The minimum absolute atomic E-state index is 0.0870. The Balaban J connectivity index is 1.39. The van der Waals surface area contributed by atoms with Crippen molar-refractivity contribution in [3.05, 3.63) is 30.5 Å². The fraction of sp³-hybridized carbons (Fsp3) is 0.700. The number of hydrogen-bond acceptors (Lipinski definition) is 14. The number of fused-ring (bicyclic) bond motifs is 1. The van der Waals surface area contributed by atoms with Crippen LogP contribution < -0.4 is 11.5 Å². The van der Waals surface area contributed by atoms with Crippen molar-refractivity contribution >= 4 is 29.3 Å². The number of carbonyl (C=O) groups is 4. The topological polar surface area (TPSA) is 221 Å². The van der Waals surface area contributed by atoms with Crippen LogP contribution >= 0.6 is 0 Å². The number of aliphatic hydroxyl groups excluding tert-OH is 1. The van der Waals surface area contributed by atoms with Crippen molar-refractivity contribution in [3.63, 3.8) is 0 Å². The van der Waals surface area contributed by atoms with Gasteiger partial charge in [-0.05, 0) is 71.9 Å². The Bertz CT molecular complexity index is 1720. The molecule has 0 radical (unpaired) electrons. The maximum absolute atomic E-state index is 14.3. The molecular weight excluding hydrogens is 724 g/mol. The first-order valence-electron chi connectivity index (χ1n) is 19.7. The second-order valence-corrected chi connectivity index (χ2v) is 16.3. The molecule has 4 heterocycles. The van der Waals surface area contributed by atoms with Crippen LogP contribution in [0.3, 0.4) is 0 Å². The van der Waals surface area contributed by atoms with Gasteiger partial charge in [-0.2, -0.15) is 0 Å². The number of rotatable bonds is 10. The van der Waals surface area contributed by atoms with Crippen molar-refractivity contribution < 1.29 is 48.0 Å². The molecule has 3 fully saturated rings. The normalized spacial score (nSPS) is 36.1. The highest BCUT2D eigenvalue weighted by Gasteiger charge is 2.58. The number of nitrogens with two attached hydrogens (primary N) is 2. The quantitative estimate of drug-likeness (QED) is 0.136. The fourth-order valence-corrected chi connectivity index (χ4v) is 8.46. The molecule has 5 rings (SSSR count). The van der Waals surface area contributed by atoms with Gasteiger partial charge in [0.25, 0.3) is 0 Å². The summed E-state index contributed by atoms with van der Waals surface area (Å²) in [5, 5.41) is 19.5. The molecule has 0 saturated carbocycles. The van der Waals surface area contributed by atoms with E-state index in [2.05, 4.69) is 10.3 Å². The summed E-state index contributed by atoms with van der Waals surface area (Å²) in [6.07, 6.45) is -1.65. The second kappa shape index (κ2) is 17.7. The molecule has 3 unspecified atom stereocenters. The van der Waals surface area contributed by atoms with Crippen molar-refractivity contribution in [2.75, 3.05) is 19.4 Å². The molecule has 16 nitrogen and oxygen atoms in total. The van der Waals surface area contributed by atoms with Crippen molar-refractivity contribution in [1.82, 2.24) is 19.9 Å². The summed E-state index contributed by atoms with van der Waals surface area (Å²) in [5.74, 6) is -4.32. The Morgan fingerprint density at radius 3 is 2.46 bits per heavy atom. The number of aliphatic hydroxyl groups is 1. The minimum Gasteiger partial charge on any atom is -0.458 e. The predicted octanol–water partition coefficient (Wildman–Crippen LogP) is 3.66. The van der Waals surface area contributed by atoms with Crippen LogP contribution in [0.4, 0.5) is 10.5 Å². The largest absolute Gasteiger partial charge is 0.458 e. The van der Waals surface area contributed by atoms with E-state index in [-0.39, 0.29) is 37.7 Å². The molecule has 310 valence electrons. The lowest BCUT2D eigenvalue weighted by molar-refractivity contribution is -0.288. The van der Waals surface area contributed by atoms with E-state index in [1.54, 1.807) is 50.3 Å². The van der Waals surface area contributed by atoms with E-state index >= 15 is 0 Å². The van der Waals surface area contributed by atoms with E-state index in [0.29, 0.717) is 37.2 Å². The fourth-order valence-electron chi connectivity index (χ4n) is 8.46. The molecule has 0 aliphatic carbocycles. The van der Waals surface area contributed by atoms with E-state index in [4.69, 9.17) is 35.2 Å². The van der Waals surface area contributed by atoms with E-state index in [1.807, 2.05) is 31.3 Å². The van der Waals surface area contributed by atoms with Gasteiger partial charge in [-0.1, -0.05) is 38.1 Å². The van der Waals surface area contributed by atoms with Gasteiger partial charge >= 0.3 is 12.1 Å². The second-order valence-electron chi connectivity index (χ2n) is 16.3. The number of esters is 1. The smallest absolute Gasteiger partial charge is 0.410 e. The highest BCUT2D eigenvalue weighted by molar-refractivity contribution is 6.00. The maximum atomic E-state index is 14.3. The number of hydrogen-bond donors (Lipinski definition) is 3. The van der Waals surface area contributed by atoms with Crippen LogP contribution in [-0.4, -0.2) is 116 Å². The third-order valence-electron chi connectivity index (χ3n) is 12.0. The molecule has 3 saturated heterocycles. The average Bonchev–Trinajstić information content (AvgIpc) is 3.73. The summed E-state index contributed by atoms with van der Waals surface area (Å²) in [6.45, 7) is 12.7. The van der Waals surface area contributed by atoms with Crippen molar-refractivity contribution in [1.29, 1.82) is 0 Å². The van der Waals surface area contributed by atoms with Crippen LogP contribution in [0.1, 0.15) is 87.0 Å². The number of ether oxygens (including phenoxy) is 5. The van der Waals surface area contributed by atoms with Crippen LogP contribution in [0.25, 0.3) is 11.3 Å². The predicted molar refractivity (Wildman–Crippen MR) is 205 cm³/mol. The number of aryl methyl sites for hydroxylation is 1. The van der Waals surface area contributed by atoms with Crippen LogP contribution in [0.2, 0.25) is 0 Å².